The highest BCUT2D eigenvalue weighted by Crippen LogP contribution is 2.25. The smallest absolute Gasteiger partial charge is 0.329 e. The molecule has 0 radical (unpaired) electrons. The molecule has 0 bridgehead atoms. The van der Waals surface area contributed by atoms with Crippen LogP contribution in [0, 0.1) is 0 Å². The predicted molar refractivity (Wildman–Crippen MR) is 88.7 cm³/mol. The number of aromatic hydroxyl groups is 1. The van der Waals surface area contributed by atoms with Gasteiger partial charge in [-0.05, 0) is 24.3 Å². The molecular formula is C16H16ClN3O5. The molecule has 1 aromatic rings. The molecule has 0 spiro atoms. The molecule has 0 saturated carbocycles. The fraction of sp³-hybridized carbons (Fsp3) is 0.312. The zero-order valence-electron chi connectivity index (χ0n) is 13.2. The van der Waals surface area contributed by atoms with E-state index in [1.807, 2.05) is 0 Å². The minimum Gasteiger partial charge on any atom is -0.507 e. The van der Waals surface area contributed by atoms with E-state index in [-0.39, 0.29) is 29.5 Å². The lowest BCUT2D eigenvalue weighted by atomic mass is 10.1. The van der Waals surface area contributed by atoms with Crippen molar-refractivity contribution in [1.29, 1.82) is 0 Å². The van der Waals surface area contributed by atoms with Gasteiger partial charge in [-0.25, -0.2) is 9.69 Å². The fourth-order valence-corrected chi connectivity index (χ4v) is 2.74. The molecule has 0 unspecified atom stereocenters. The molecule has 4 amide bonds. The number of carbonyl (C=O) groups is 3. The van der Waals surface area contributed by atoms with Crippen LogP contribution in [-0.4, -0.2) is 65.6 Å². The fourth-order valence-electron chi connectivity index (χ4n) is 2.56. The Bertz CT molecular complexity index is 758. The van der Waals surface area contributed by atoms with E-state index >= 15 is 0 Å². The predicted octanol–water partition coefficient (Wildman–Crippen LogP) is 0.797. The second-order valence-corrected chi connectivity index (χ2v) is 6.01. The average Bonchev–Trinajstić information content (AvgIpc) is 2.86. The first-order chi connectivity index (χ1) is 12.0. The van der Waals surface area contributed by atoms with Gasteiger partial charge in [0.05, 0.1) is 13.2 Å². The number of nitrogens with zero attached hydrogens (tertiary/aromatic N) is 2. The molecule has 0 aliphatic carbocycles. The second kappa shape index (κ2) is 7.12. The molecule has 2 aliphatic heterocycles. The number of carbonyl (C=O) groups excluding carboxylic acids is 3. The lowest BCUT2D eigenvalue weighted by Crippen LogP contribution is -2.47. The molecule has 8 nitrogen and oxygen atoms in total. The van der Waals surface area contributed by atoms with Crippen LogP contribution < -0.4 is 5.32 Å². The maximum atomic E-state index is 12.4. The van der Waals surface area contributed by atoms with Crippen LogP contribution in [-0.2, 0) is 14.3 Å². The third-order valence-corrected chi connectivity index (χ3v) is 4.14. The zero-order valence-corrected chi connectivity index (χ0v) is 14.0. The number of ether oxygens (including phenoxy) is 1. The van der Waals surface area contributed by atoms with Crippen LogP contribution in [0.1, 0.15) is 5.56 Å². The van der Waals surface area contributed by atoms with Crippen LogP contribution in [0.2, 0.25) is 5.02 Å². The lowest BCUT2D eigenvalue weighted by molar-refractivity contribution is -0.139. The van der Waals surface area contributed by atoms with Gasteiger partial charge >= 0.3 is 6.03 Å². The monoisotopic (exact) mass is 365 g/mol. The molecular weight excluding hydrogens is 350 g/mol. The number of imide groups is 1. The number of nitrogens with one attached hydrogen (secondary N) is 1. The van der Waals surface area contributed by atoms with Crippen molar-refractivity contribution in [1.82, 2.24) is 15.1 Å². The third-order valence-electron chi connectivity index (χ3n) is 3.91. The zero-order chi connectivity index (χ0) is 18.0. The largest absolute Gasteiger partial charge is 0.507 e. The van der Waals surface area contributed by atoms with E-state index in [2.05, 4.69) is 5.32 Å². The molecule has 2 fully saturated rings. The molecule has 9 heteroatoms. The minimum absolute atomic E-state index is 0.0302. The Kier molecular flexibility index (Phi) is 4.91. The maximum Gasteiger partial charge on any atom is 0.329 e. The van der Waals surface area contributed by atoms with Gasteiger partial charge in [-0.2, -0.15) is 0 Å². The molecule has 2 N–H and O–H groups in total. The Balaban J connectivity index is 1.74. The third kappa shape index (κ3) is 3.75. The number of rotatable bonds is 3. The van der Waals surface area contributed by atoms with Crippen molar-refractivity contribution in [2.45, 2.75) is 0 Å². The van der Waals surface area contributed by atoms with E-state index in [1.54, 1.807) is 4.90 Å². The van der Waals surface area contributed by atoms with E-state index in [9.17, 15) is 19.5 Å². The van der Waals surface area contributed by atoms with Gasteiger partial charge in [0.1, 0.15) is 18.0 Å². The van der Waals surface area contributed by atoms with Crippen LogP contribution in [0.3, 0.4) is 0 Å². The van der Waals surface area contributed by atoms with Gasteiger partial charge in [0.15, 0.2) is 0 Å². The van der Waals surface area contributed by atoms with Gasteiger partial charge in [0.2, 0.25) is 5.91 Å². The quantitative estimate of drug-likeness (QED) is 0.609. The SMILES string of the molecule is O=C(CN1C(=O)N/C(=C\c2cc(Cl)ccc2O)C1=O)N1CCOCC1. The first kappa shape index (κ1) is 17.2. The number of amides is 4. The number of urea groups is 1. The average molecular weight is 366 g/mol. The molecule has 132 valence electrons. The maximum absolute atomic E-state index is 12.4. The summed E-state index contributed by atoms with van der Waals surface area (Å²) >= 11 is 5.87. The Morgan fingerprint density at radius 2 is 2.04 bits per heavy atom. The van der Waals surface area contributed by atoms with E-state index < -0.39 is 11.9 Å². The van der Waals surface area contributed by atoms with E-state index in [1.165, 1.54) is 24.3 Å². The van der Waals surface area contributed by atoms with Crippen LogP contribution in [0.15, 0.2) is 23.9 Å². The van der Waals surface area contributed by atoms with Crippen LogP contribution in [0.4, 0.5) is 4.79 Å². The number of benzene rings is 1. The number of morpholine rings is 1. The number of hydrogen-bond donors (Lipinski definition) is 2. The number of phenols is 1. The summed E-state index contributed by atoms with van der Waals surface area (Å²) in [6.45, 7) is 1.39. The summed E-state index contributed by atoms with van der Waals surface area (Å²) in [5.74, 6) is -1.04. The molecule has 2 saturated heterocycles. The van der Waals surface area contributed by atoms with E-state index in [0.29, 0.717) is 31.3 Å². The summed E-state index contributed by atoms with van der Waals surface area (Å²) in [5, 5.41) is 12.6. The van der Waals surface area contributed by atoms with Crippen LogP contribution in [0.5, 0.6) is 5.75 Å². The van der Waals surface area contributed by atoms with Crippen molar-refractivity contribution in [2.75, 3.05) is 32.8 Å². The lowest BCUT2D eigenvalue weighted by Gasteiger charge is -2.27. The van der Waals surface area contributed by atoms with Crippen molar-refractivity contribution in [3.63, 3.8) is 0 Å². The number of hydrogen-bond acceptors (Lipinski definition) is 5. The second-order valence-electron chi connectivity index (χ2n) is 5.58. The van der Waals surface area contributed by atoms with E-state index in [4.69, 9.17) is 16.3 Å². The van der Waals surface area contributed by atoms with Crippen LogP contribution in [0.25, 0.3) is 6.08 Å². The number of halogens is 1. The summed E-state index contributed by atoms with van der Waals surface area (Å²) in [6.07, 6.45) is 1.32. The van der Waals surface area contributed by atoms with E-state index in [0.717, 1.165) is 4.90 Å². The molecule has 1 aromatic carbocycles. The van der Waals surface area contributed by atoms with Crippen molar-refractivity contribution < 1.29 is 24.2 Å². The summed E-state index contributed by atoms with van der Waals surface area (Å²) in [4.78, 5) is 39.0. The minimum atomic E-state index is -0.681. The van der Waals surface area contributed by atoms with Crippen molar-refractivity contribution in [3.8, 4) is 5.75 Å². The normalized spacial score (nSPS) is 19.5. The highest BCUT2D eigenvalue weighted by atomic mass is 35.5. The summed E-state index contributed by atoms with van der Waals surface area (Å²) in [7, 11) is 0. The summed E-state index contributed by atoms with van der Waals surface area (Å²) in [5.41, 5.74) is 0.259. The molecule has 3 rings (SSSR count). The Morgan fingerprint density at radius 1 is 1.32 bits per heavy atom. The molecule has 0 aromatic heterocycles. The van der Waals surface area contributed by atoms with Gasteiger partial charge in [-0.3, -0.25) is 9.59 Å². The van der Waals surface area contributed by atoms with Gasteiger partial charge < -0.3 is 20.1 Å². The molecule has 0 atom stereocenters. The summed E-state index contributed by atoms with van der Waals surface area (Å²) in [6, 6.07) is 3.67. The molecule has 2 aliphatic rings. The highest BCUT2D eigenvalue weighted by Gasteiger charge is 2.36. The number of phenolic OH excluding ortho intramolecular Hbond substituents is 1. The van der Waals surface area contributed by atoms with Crippen LogP contribution >= 0.6 is 11.6 Å². The van der Waals surface area contributed by atoms with Crippen molar-refractivity contribution in [3.05, 3.63) is 34.5 Å². The highest BCUT2D eigenvalue weighted by molar-refractivity contribution is 6.30. The topological polar surface area (TPSA) is 99.2 Å². The van der Waals surface area contributed by atoms with Crippen molar-refractivity contribution >= 4 is 35.5 Å². The first-order valence-corrected chi connectivity index (χ1v) is 8.02. The van der Waals surface area contributed by atoms with Gasteiger partial charge in [-0.15, -0.1) is 0 Å². The summed E-state index contributed by atoms with van der Waals surface area (Å²) < 4.78 is 5.17. The molecule has 25 heavy (non-hydrogen) atoms. The first-order valence-electron chi connectivity index (χ1n) is 7.64. The van der Waals surface area contributed by atoms with Gasteiger partial charge in [0.25, 0.3) is 5.91 Å². The Morgan fingerprint density at radius 3 is 2.76 bits per heavy atom. The Labute approximate surface area is 148 Å². The van der Waals surface area contributed by atoms with Crippen molar-refractivity contribution in [2.24, 2.45) is 0 Å². The molecule has 2 heterocycles. The van der Waals surface area contributed by atoms with Gasteiger partial charge in [0, 0.05) is 23.7 Å². The Hall–Kier alpha value is -2.58. The van der Waals surface area contributed by atoms with Gasteiger partial charge in [-0.1, -0.05) is 11.6 Å². The standard InChI is InChI=1S/C16H16ClN3O5/c17-11-1-2-13(21)10(7-11)8-12-15(23)20(16(24)18-12)9-14(22)19-3-5-25-6-4-19/h1-2,7-8,21H,3-6,9H2,(H,18,24)/b12-8-.